The Morgan fingerprint density at radius 1 is 1.53 bits per heavy atom. The quantitative estimate of drug-likeness (QED) is 0.713. The van der Waals surface area contributed by atoms with Crippen molar-refractivity contribution in [3.8, 4) is 0 Å². The first-order valence-electron chi connectivity index (χ1n) is 6.12. The summed E-state index contributed by atoms with van der Waals surface area (Å²) in [4.78, 5) is 11.4. The van der Waals surface area contributed by atoms with E-state index in [9.17, 15) is 4.79 Å². The second-order valence-electron chi connectivity index (χ2n) is 5.17. The third-order valence-corrected chi connectivity index (χ3v) is 4.35. The van der Waals surface area contributed by atoms with E-state index in [1.807, 2.05) is 0 Å². The van der Waals surface area contributed by atoms with Crippen molar-refractivity contribution in [2.45, 2.75) is 39.2 Å². The summed E-state index contributed by atoms with van der Waals surface area (Å²) in [7, 11) is 0. The van der Waals surface area contributed by atoms with Crippen molar-refractivity contribution in [2.75, 3.05) is 19.6 Å². The molecule has 3 unspecified atom stereocenters. The van der Waals surface area contributed by atoms with E-state index in [1.54, 1.807) is 6.92 Å². The van der Waals surface area contributed by atoms with Crippen LogP contribution >= 0.6 is 0 Å². The fourth-order valence-electron chi connectivity index (χ4n) is 3.28. The molecule has 0 aliphatic carbocycles. The number of Topliss-reactive ketones (excluding diaryl/α,β-unsaturated/α-hetero) is 1. The van der Waals surface area contributed by atoms with Crippen LogP contribution in [0.2, 0.25) is 0 Å². The molecule has 0 bridgehead atoms. The Balaban J connectivity index is 2.09. The van der Waals surface area contributed by atoms with Crippen LogP contribution in [0.1, 0.15) is 33.1 Å². The Morgan fingerprint density at radius 3 is 2.93 bits per heavy atom. The van der Waals surface area contributed by atoms with E-state index in [1.165, 1.54) is 12.8 Å². The molecule has 1 spiro atoms. The zero-order valence-electron chi connectivity index (χ0n) is 9.81. The summed E-state index contributed by atoms with van der Waals surface area (Å²) in [5.74, 6) is 1.04. The van der Waals surface area contributed by atoms with Crippen molar-refractivity contribution in [1.82, 2.24) is 10.6 Å². The molecule has 2 fully saturated rings. The average molecular weight is 210 g/mol. The Labute approximate surface area is 92.0 Å². The number of piperidine rings is 1. The maximum absolute atomic E-state index is 11.4. The SMILES string of the molecule is CCC1CNCCC12CNC(C(C)=O)C2. The Bertz CT molecular complexity index is 254. The summed E-state index contributed by atoms with van der Waals surface area (Å²) in [5, 5.41) is 6.87. The first-order chi connectivity index (χ1) is 7.18. The van der Waals surface area contributed by atoms with E-state index in [0.717, 1.165) is 32.0 Å². The normalized spacial score (nSPS) is 40.9. The van der Waals surface area contributed by atoms with E-state index in [4.69, 9.17) is 0 Å². The summed E-state index contributed by atoms with van der Waals surface area (Å²) < 4.78 is 0. The molecule has 0 aromatic carbocycles. The number of nitrogens with one attached hydrogen (secondary N) is 2. The predicted molar refractivity (Wildman–Crippen MR) is 60.8 cm³/mol. The van der Waals surface area contributed by atoms with Crippen LogP contribution in [0.25, 0.3) is 0 Å². The molecular weight excluding hydrogens is 188 g/mol. The summed E-state index contributed by atoms with van der Waals surface area (Å²) in [6.07, 6.45) is 3.50. The van der Waals surface area contributed by atoms with Gasteiger partial charge in [0.05, 0.1) is 6.04 Å². The lowest BCUT2D eigenvalue weighted by molar-refractivity contribution is -0.118. The molecular formula is C12H22N2O. The summed E-state index contributed by atoms with van der Waals surface area (Å²) in [5.41, 5.74) is 0.399. The van der Waals surface area contributed by atoms with E-state index >= 15 is 0 Å². The number of rotatable bonds is 2. The highest BCUT2D eigenvalue weighted by Crippen LogP contribution is 2.43. The third kappa shape index (κ3) is 1.95. The zero-order chi connectivity index (χ0) is 10.9. The zero-order valence-corrected chi connectivity index (χ0v) is 9.81. The molecule has 2 N–H and O–H groups in total. The lowest BCUT2D eigenvalue weighted by Crippen LogP contribution is -2.46. The summed E-state index contributed by atoms with van der Waals surface area (Å²) in [6.45, 7) is 7.25. The van der Waals surface area contributed by atoms with E-state index in [0.29, 0.717) is 11.2 Å². The molecule has 0 amide bonds. The Morgan fingerprint density at radius 2 is 2.33 bits per heavy atom. The number of ketones is 1. The number of carbonyl (C=O) groups is 1. The van der Waals surface area contributed by atoms with Crippen LogP contribution in [0, 0.1) is 11.3 Å². The van der Waals surface area contributed by atoms with E-state index < -0.39 is 0 Å². The first kappa shape index (κ1) is 11.1. The molecule has 2 rings (SSSR count). The fourth-order valence-corrected chi connectivity index (χ4v) is 3.28. The summed E-state index contributed by atoms with van der Waals surface area (Å²) in [6, 6.07) is 0.122. The minimum Gasteiger partial charge on any atom is -0.316 e. The standard InChI is InChI=1S/C12H22N2O/c1-3-10-7-13-5-4-12(10)6-11(9(2)15)14-8-12/h10-11,13-14H,3-8H2,1-2H3. The predicted octanol–water partition coefficient (Wildman–Crippen LogP) is 0.943. The van der Waals surface area contributed by atoms with Crippen LogP contribution < -0.4 is 10.6 Å². The second kappa shape index (κ2) is 4.22. The molecule has 3 atom stereocenters. The molecule has 15 heavy (non-hydrogen) atoms. The van der Waals surface area contributed by atoms with Gasteiger partial charge in [-0.3, -0.25) is 4.79 Å². The smallest absolute Gasteiger partial charge is 0.146 e. The van der Waals surface area contributed by atoms with Crippen molar-refractivity contribution in [1.29, 1.82) is 0 Å². The van der Waals surface area contributed by atoms with Gasteiger partial charge in [-0.1, -0.05) is 13.3 Å². The largest absolute Gasteiger partial charge is 0.316 e. The van der Waals surface area contributed by atoms with Gasteiger partial charge < -0.3 is 10.6 Å². The highest BCUT2D eigenvalue weighted by Gasteiger charge is 2.46. The molecule has 2 heterocycles. The molecule has 86 valence electrons. The van der Waals surface area contributed by atoms with Crippen LogP contribution in [-0.2, 0) is 4.79 Å². The van der Waals surface area contributed by atoms with Gasteiger partial charge in [0.15, 0.2) is 0 Å². The second-order valence-corrected chi connectivity index (χ2v) is 5.17. The molecule has 3 nitrogen and oxygen atoms in total. The lowest BCUT2D eigenvalue weighted by Gasteiger charge is -2.41. The number of hydrogen-bond donors (Lipinski definition) is 2. The molecule has 3 heteroatoms. The van der Waals surface area contributed by atoms with Gasteiger partial charge in [-0.25, -0.2) is 0 Å². The van der Waals surface area contributed by atoms with Crippen LogP contribution in [0.5, 0.6) is 0 Å². The Hall–Kier alpha value is -0.410. The van der Waals surface area contributed by atoms with Gasteiger partial charge in [0, 0.05) is 6.54 Å². The maximum Gasteiger partial charge on any atom is 0.146 e. The van der Waals surface area contributed by atoms with Crippen molar-refractivity contribution in [3.63, 3.8) is 0 Å². The Kier molecular flexibility index (Phi) is 3.12. The first-order valence-corrected chi connectivity index (χ1v) is 6.12. The average Bonchev–Trinajstić information content (AvgIpc) is 2.64. The van der Waals surface area contributed by atoms with Crippen molar-refractivity contribution in [2.24, 2.45) is 11.3 Å². The molecule has 0 aromatic rings. The van der Waals surface area contributed by atoms with Gasteiger partial charge in [0.1, 0.15) is 5.78 Å². The molecule has 0 saturated carbocycles. The van der Waals surface area contributed by atoms with Gasteiger partial charge in [0.2, 0.25) is 0 Å². The molecule has 0 aromatic heterocycles. The number of carbonyl (C=O) groups excluding carboxylic acids is 1. The van der Waals surface area contributed by atoms with Gasteiger partial charge in [0.25, 0.3) is 0 Å². The fraction of sp³-hybridized carbons (Fsp3) is 0.917. The van der Waals surface area contributed by atoms with E-state index in [2.05, 4.69) is 17.6 Å². The summed E-state index contributed by atoms with van der Waals surface area (Å²) >= 11 is 0. The van der Waals surface area contributed by atoms with Crippen LogP contribution in [-0.4, -0.2) is 31.5 Å². The van der Waals surface area contributed by atoms with Crippen molar-refractivity contribution < 1.29 is 4.79 Å². The monoisotopic (exact) mass is 210 g/mol. The van der Waals surface area contributed by atoms with Crippen LogP contribution in [0.4, 0.5) is 0 Å². The molecule has 2 aliphatic rings. The highest BCUT2D eigenvalue weighted by molar-refractivity contribution is 5.81. The van der Waals surface area contributed by atoms with E-state index in [-0.39, 0.29) is 6.04 Å². The topological polar surface area (TPSA) is 41.1 Å². The van der Waals surface area contributed by atoms with Crippen LogP contribution in [0.3, 0.4) is 0 Å². The molecule has 2 saturated heterocycles. The van der Waals surface area contributed by atoms with Gasteiger partial charge in [-0.2, -0.15) is 0 Å². The molecule has 2 aliphatic heterocycles. The highest BCUT2D eigenvalue weighted by atomic mass is 16.1. The molecule has 0 radical (unpaired) electrons. The third-order valence-electron chi connectivity index (χ3n) is 4.35. The minimum absolute atomic E-state index is 0.122. The van der Waals surface area contributed by atoms with Gasteiger partial charge in [-0.05, 0) is 44.2 Å². The maximum atomic E-state index is 11.4. The number of hydrogen-bond acceptors (Lipinski definition) is 3. The lowest BCUT2D eigenvalue weighted by atomic mass is 9.68. The van der Waals surface area contributed by atoms with Crippen molar-refractivity contribution >= 4 is 5.78 Å². The van der Waals surface area contributed by atoms with Crippen LogP contribution in [0.15, 0.2) is 0 Å². The van der Waals surface area contributed by atoms with Gasteiger partial charge >= 0.3 is 0 Å². The minimum atomic E-state index is 0.122. The van der Waals surface area contributed by atoms with Crippen molar-refractivity contribution in [3.05, 3.63) is 0 Å². The van der Waals surface area contributed by atoms with Gasteiger partial charge in [-0.15, -0.1) is 0 Å².